The zero-order valence-electron chi connectivity index (χ0n) is 10.1. The molecule has 0 aliphatic carbocycles. The van der Waals surface area contributed by atoms with Gasteiger partial charge in [0.05, 0.1) is 6.42 Å². The van der Waals surface area contributed by atoms with Crippen molar-refractivity contribution >= 4 is 39.4 Å². The molecule has 6 heteroatoms. The van der Waals surface area contributed by atoms with Crippen LogP contribution in [0.2, 0.25) is 10.0 Å². The van der Waals surface area contributed by atoms with Crippen LogP contribution < -0.4 is 0 Å². The zero-order valence-corrected chi connectivity index (χ0v) is 12.4. The molecular weight excluding hydrogens is 293 g/mol. The van der Waals surface area contributed by atoms with E-state index in [1.807, 2.05) is 13.8 Å². The number of rotatable bonds is 2. The summed E-state index contributed by atoms with van der Waals surface area (Å²) in [5, 5.41) is 5.47. The maximum Gasteiger partial charge on any atom is 0.259 e. The Bertz CT molecular complexity index is 471. The van der Waals surface area contributed by atoms with Gasteiger partial charge < -0.3 is 9.39 Å². The Morgan fingerprint density at radius 3 is 2.50 bits per heavy atom. The molecule has 18 heavy (non-hydrogen) atoms. The highest BCUT2D eigenvalue weighted by molar-refractivity contribution is 8.05. The van der Waals surface area contributed by atoms with Gasteiger partial charge in [0.25, 0.3) is 5.04 Å². The van der Waals surface area contributed by atoms with Gasteiger partial charge in [-0.25, -0.2) is 0 Å². The van der Waals surface area contributed by atoms with Crippen LogP contribution in [0.5, 0.6) is 0 Å². The highest BCUT2D eigenvalue weighted by Crippen LogP contribution is 2.30. The third-order valence-electron chi connectivity index (χ3n) is 2.57. The Balaban J connectivity index is 2.11. The average molecular weight is 306 g/mol. The standard InChI is InChI=1S/C12H13Cl2NO2S/c1-12(2)6-11(15-17-12)18(16)7-8-9(13)4-3-5-10(8)14/h3-5H,6-7H2,1-2H3/t18-/m1/s1. The fraction of sp³-hybridized carbons (Fsp3) is 0.417. The van der Waals surface area contributed by atoms with E-state index in [-0.39, 0.29) is 11.4 Å². The van der Waals surface area contributed by atoms with Crippen molar-refractivity contribution in [3.63, 3.8) is 0 Å². The predicted molar refractivity (Wildman–Crippen MR) is 75.5 cm³/mol. The summed E-state index contributed by atoms with van der Waals surface area (Å²) in [5.41, 5.74) is 0.307. The van der Waals surface area contributed by atoms with Crippen LogP contribution in [0.1, 0.15) is 25.8 Å². The van der Waals surface area contributed by atoms with Crippen LogP contribution in [-0.4, -0.2) is 15.2 Å². The molecule has 0 amide bonds. The van der Waals surface area contributed by atoms with Gasteiger partial charge in [-0.1, -0.05) is 29.3 Å². The molecule has 1 heterocycles. The first kappa shape index (κ1) is 14.0. The van der Waals surface area contributed by atoms with Crippen molar-refractivity contribution in [1.82, 2.24) is 0 Å². The Morgan fingerprint density at radius 1 is 1.39 bits per heavy atom. The van der Waals surface area contributed by atoms with Gasteiger partial charge in [0.1, 0.15) is 11.4 Å². The van der Waals surface area contributed by atoms with Gasteiger partial charge in [-0.3, -0.25) is 0 Å². The van der Waals surface area contributed by atoms with Gasteiger partial charge in [-0.15, -0.1) is 0 Å². The molecule has 0 unspecified atom stereocenters. The summed E-state index contributed by atoms with van der Waals surface area (Å²) in [6, 6.07) is 5.23. The van der Waals surface area contributed by atoms with Crippen LogP contribution in [0, 0.1) is 0 Å². The Kier molecular flexibility index (Phi) is 4.11. The number of hydrogen-bond acceptors (Lipinski definition) is 3. The minimum atomic E-state index is -1.26. The molecule has 0 saturated carbocycles. The maximum atomic E-state index is 12.2. The molecule has 1 aromatic carbocycles. The summed E-state index contributed by atoms with van der Waals surface area (Å²) in [6.45, 7) is 3.81. The van der Waals surface area contributed by atoms with E-state index in [0.717, 1.165) is 0 Å². The third kappa shape index (κ3) is 3.12. The second-order valence-electron chi connectivity index (χ2n) is 4.70. The van der Waals surface area contributed by atoms with Gasteiger partial charge in [0.15, 0.2) is 0 Å². The minimum Gasteiger partial charge on any atom is -0.610 e. The Hall–Kier alpha value is -0.420. The van der Waals surface area contributed by atoms with E-state index in [2.05, 4.69) is 5.16 Å². The lowest BCUT2D eigenvalue weighted by Gasteiger charge is -2.14. The molecule has 0 spiro atoms. The maximum absolute atomic E-state index is 12.2. The second kappa shape index (κ2) is 5.29. The highest BCUT2D eigenvalue weighted by Gasteiger charge is 2.36. The van der Waals surface area contributed by atoms with Crippen molar-refractivity contribution in [2.24, 2.45) is 5.16 Å². The molecule has 1 aromatic rings. The lowest BCUT2D eigenvalue weighted by atomic mass is 10.1. The topological polar surface area (TPSA) is 44.7 Å². The van der Waals surface area contributed by atoms with E-state index in [0.29, 0.717) is 27.1 Å². The smallest absolute Gasteiger partial charge is 0.259 e. The van der Waals surface area contributed by atoms with Crippen molar-refractivity contribution in [2.45, 2.75) is 31.6 Å². The molecule has 3 nitrogen and oxygen atoms in total. The van der Waals surface area contributed by atoms with E-state index in [1.165, 1.54) is 0 Å². The highest BCUT2D eigenvalue weighted by atomic mass is 35.5. The van der Waals surface area contributed by atoms with Crippen LogP contribution in [0.3, 0.4) is 0 Å². The number of hydrogen-bond donors (Lipinski definition) is 0. The van der Waals surface area contributed by atoms with E-state index in [4.69, 9.17) is 28.0 Å². The fourth-order valence-corrected chi connectivity index (χ4v) is 3.67. The van der Waals surface area contributed by atoms with E-state index >= 15 is 0 Å². The first-order valence-corrected chi connectivity index (χ1v) is 7.53. The average Bonchev–Trinajstić information content (AvgIpc) is 2.64. The normalized spacial score (nSPS) is 19.3. The van der Waals surface area contributed by atoms with Gasteiger partial charge in [-0.2, -0.15) is 0 Å². The monoisotopic (exact) mass is 305 g/mol. The molecule has 1 aliphatic rings. The summed E-state index contributed by atoms with van der Waals surface area (Å²) >= 11 is 10.8. The number of oxime groups is 1. The lowest BCUT2D eigenvalue weighted by Crippen LogP contribution is -2.23. The molecule has 0 fully saturated rings. The number of halogens is 2. The first-order chi connectivity index (χ1) is 8.39. The van der Waals surface area contributed by atoms with Crippen LogP contribution in [-0.2, 0) is 21.8 Å². The van der Waals surface area contributed by atoms with Crippen molar-refractivity contribution in [1.29, 1.82) is 0 Å². The lowest BCUT2D eigenvalue weighted by molar-refractivity contribution is 0.0123. The van der Waals surface area contributed by atoms with E-state index in [1.54, 1.807) is 18.2 Å². The summed E-state index contributed by atoms with van der Waals surface area (Å²) in [5.74, 6) is 0.261. The van der Waals surface area contributed by atoms with Crippen molar-refractivity contribution in [3.8, 4) is 0 Å². The van der Waals surface area contributed by atoms with E-state index in [9.17, 15) is 4.55 Å². The molecular formula is C12H13Cl2NO2S. The first-order valence-electron chi connectivity index (χ1n) is 5.45. The Morgan fingerprint density at radius 2 is 2.00 bits per heavy atom. The predicted octanol–water partition coefficient (Wildman–Crippen LogP) is 3.75. The summed E-state index contributed by atoms with van der Waals surface area (Å²) in [4.78, 5) is 5.20. The van der Waals surface area contributed by atoms with Crippen LogP contribution >= 0.6 is 23.2 Å². The van der Waals surface area contributed by atoms with Crippen LogP contribution in [0.25, 0.3) is 0 Å². The molecule has 1 atom stereocenters. The van der Waals surface area contributed by atoms with Crippen LogP contribution in [0.15, 0.2) is 23.4 Å². The molecule has 0 bridgehead atoms. The van der Waals surface area contributed by atoms with Gasteiger partial charge in [0, 0.05) is 26.8 Å². The number of nitrogens with zero attached hydrogens (tertiary/aromatic N) is 1. The SMILES string of the molecule is CC1(C)CC([S@+]([O-])Cc2c(Cl)cccc2Cl)=NO1. The molecule has 98 valence electrons. The molecule has 0 aromatic heterocycles. The Labute approximate surface area is 119 Å². The quantitative estimate of drug-likeness (QED) is 0.781. The molecule has 0 radical (unpaired) electrons. The summed E-state index contributed by atoms with van der Waals surface area (Å²) in [7, 11) is 0. The summed E-state index contributed by atoms with van der Waals surface area (Å²) in [6.07, 6.45) is 0.557. The van der Waals surface area contributed by atoms with Crippen molar-refractivity contribution < 1.29 is 9.39 Å². The number of benzene rings is 1. The van der Waals surface area contributed by atoms with Crippen LogP contribution in [0.4, 0.5) is 0 Å². The molecule has 2 rings (SSSR count). The molecule has 1 aliphatic heterocycles. The zero-order chi connectivity index (χ0) is 13.3. The fourth-order valence-electron chi connectivity index (χ4n) is 1.61. The molecule has 0 saturated heterocycles. The van der Waals surface area contributed by atoms with Gasteiger partial charge in [-0.05, 0) is 31.1 Å². The largest absolute Gasteiger partial charge is 0.610 e. The minimum absolute atomic E-state index is 0.261. The molecule has 0 N–H and O–H groups in total. The van der Waals surface area contributed by atoms with Gasteiger partial charge in [0.2, 0.25) is 0 Å². The van der Waals surface area contributed by atoms with Crippen molar-refractivity contribution in [3.05, 3.63) is 33.8 Å². The van der Waals surface area contributed by atoms with E-state index < -0.39 is 11.2 Å². The summed E-state index contributed by atoms with van der Waals surface area (Å²) < 4.78 is 12.2. The van der Waals surface area contributed by atoms with Crippen molar-refractivity contribution in [2.75, 3.05) is 0 Å². The third-order valence-corrected chi connectivity index (χ3v) is 4.58. The second-order valence-corrected chi connectivity index (χ2v) is 6.97. The van der Waals surface area contributed by atoms with Gasteiger partial charge >= 0.3 is 0 Å².